The molecule has 0 bridgehead atoms. The van der Waals surface area contributed by atoms with Crippen molar-refractivity contribution in [3.05, 3.63) is 33.6 Å². The van der Waals surface area contributed by atoms with Crippen LogP contribution in [0.15, 0.2) is 12.1 Å². The van der Waals surface area contributed by atoms with E-state index in [2.05, 4.69) is 10.6 Å². The van der Waals surface area contributed by atoms with Crippen molar-refractivity contribution in [3.63, 3.8) is 0 Å². The van der Waals surface area contributed by atoms with Crippen molar-refractivity contribution >= 4 is 29.1 Å². The summed E-state index contributed by atoms with van der Waals surface area (Å²) in [7, 11) is 1.58. The highest BCUT2D eigenvalue weighted by Crippen LogP contribution is 2.32. The van der Waals surface area contributed by atoms with Crippen molar-refractivity contribution in [2.24, 2.45) is 0 Å². The van der Waals surface area contributed by atoms with Crippen LogP contribution in [0.4, 0.5) is 4.39 Å². The quantitative estimate of drug-likeness (QED) is 0.599. The average Bonchev–Trinajstić information content (AvgIpc) is 2.39. The first-order valence-corrected chi connectivity index (χ1v) is 6.85. The molecule has 0 fully saturated rings. The van der Waals surface area contributed by atoms with Gasteiger partial charge in [0.05, 0.1) is 24.2 Å². The first-order valence-electron chi connectivity index (χ1n) is 6.09. The Kier molecular flexibility index (Phi) is 7.23. The fourth-order valence-electron chi connectivity index (χ4n) is 1.68. The van der Waals surface area contributed by atoms with Gasteiger partial charge in [-0.2, -0.15) is 0 Å². The van der Waals surface area contributed by atoms with E-state index in [1.165, 1.54) is 12.1 Å². The predicted molar refractivity (Wildman–Crippen MR) is 77.7 cm³/mol. The molecule has 1 unspecified atom stereocenters. The van der Waals surface area contributed by atoms with E-state index in [4.69, 9.17) is 27.9 Å². The largest absolute Gasteiger partial charge is 0.383 e. The number of hydrogen-bond donors (Lipinski definition) is 2. The average molecular weight is 323 g/mol. The molecule has 0 aliphatic carbocycles. The third kappa shape index (κ3) is 4.90. The van der Waals surface area contributed by atoms with Gasteiger partial charge in [0.15, 0.2) is 0 Å². The molecule has 0 aliphatic rings. The van der Waals surface area contributed by atoms with Crippen molar-refractivity contribution in [3.8, 4) is 0 Å². The van der Waals surface area contributed by atoms with Gasteiger partial charge in [-0.15, -0.1) is 0 Å². The van der Waals surface area contributed by atoms with E-state index in [0.717, 1.165) is 0 Å². The third-order valence-corrected chi connectivity index (χ3v) is 3.37. The molecule has 20 heavy (non-hydrogen) atoms. The number of nitrogens with one attached hydrogen (secondary N) is 2. The smallest absolute Gasteiger partial charge is 0.234 e. The summed E-state index contributed by atoms with van der Waals surface area (Å²) in [6.07, 6.45) is 0. The molecule has 4 nitrogen and oxygen atoms in total. The van der Waals surface area contributed by atoms with E-state index in [1.807, 2.05) is 0 Å². The van der Waals surface area contributed by atoms with Gasteiger partial charge >= 0.3 is 0 Å². The van der Waals surface area contributed by atoms with Gasteiger partial charge in [-0.3, -0.25) is 4.79 Å². The Balaban J connectivity index is 2.60. The van der Waals surface area contributed by atoms with Crippen LogP contribution >= 0.6 is 23.2 Å². The predicted octanol–water partition coefficient (Wildman–Crippen LogP) is 2.55. The number of amides is 1. The van der Waals surface area contributed by atoms with Gasteiger partial charge < -0.3 is 15.4 Å². The van der Waals surface area contributed by atoms with Crippen LogP contribution in [0.25, 0.3) is 0 Å². The molecule has 1 atom stereocenters. The molecule has 0 saturated carbocycles. The van der Waals surface area contributed by atoms with E-state index in [9.17, 15) is 9.18 Å². The molecule has 0 heterocycles. The topological polar surface area (TPSA) is 50.4 Å². The Morgan fingerprint density at radius 2 is 2.15 bits per heavy atom. The molecular formula is C13H17Cl2FN2O2. The second-order valence-corrected chi connectivity index (χ2v) is 5.00. The number of benzene rings is 1. The summed E-state index contributed by atoms with van der Waals surface area (Å²) in [5.74, 6) is -0.796. The molecule has 1 amide bonds. The van der Waals surface area contributed by atoms with Gasteiger partial charge in [-0.25, -0.2) is 4.39 Å². The summed E-state index contributed by atoms with van der Waals surface area (Å²) < 4.78 is 18.3. The second kappa shape index (κ2) is 8.42. The van der Waals surface area contributed by atoms with Gasteiger partial charge in [0, 0.05) is 24.2 Å². The van der Waals surface area contributed by atoms with Gasteiger partial charge in [0.2, 0.25) is 5.91 Å². The number of ether oxygens (including phenoxy) is 1. The molecule has 2 N–H and O–H groups in total. The SMILES string of the molecule is COCCNCC(=O)NC(C)c1c(Cl)ccc(F)c1Cl. The lowest BCUT2D eigenvalue weighted by Crippen LogP contribution is -2.36. The monoisotopic (exact) mass is 322 g/mol. The van der Waals surface area contributed by atoms with Crippen molar-refractivity contribution in [1.29, 1.82) is 0 Å². The zero-order chi connectivity index (χ0) is 15.1. The van der Waals surface area contributed by atoms with Gasteiger partial charge in [0.25, 0.3) is 0 Å². The Hall–Kier alpha value is -0.880. The highest BCUT2D eigenvalue weighted by Gasteiger charge is 2.18. The van der Waals surface area contributed by atoms with E-state index < -0.39 is 11.9 Å². The molecule has 0 saturated heterocycles. The zero-order valence-corrected chi connectivity index (χ0v) is 12.8. The maximum atomic E-state index is 13.4. The van der Waals surface area contributed by atoms with Crippen LogP contribution < -0.4 is 10.6 Å². The van der Waals surface area contributed by atoms with Crippen LogP contribution in [0.2, 0.25) is 10.0 Å². The van der Waals surface area contributed by atoms with Crippen LogP contribution in [0.5, 0.6) is 0 Å². The van der Waals surface area contributed by atoms with E-state index in [0.29, 0.717) is 23.7 Å². The van der Waals surface area contributed by atoms with Crippen LogP contribution in [0, 0.1) is 5.82 Å². The highest BCUT2D eigenvalue weighted by atomic mass is 35.5. The van der Waals surface area contributed by atoms with Crippen molar-refractivity contribution < 1.29 is 13.9 Å². The fourth-order valence-corrected chi connectivity index (χ4v) is 2.38. The number of methoxy groups -OCH3 is 1. The molecule has 112 valence electrons. The van der Waals surface area contributed by atoms with E-state index in [1.54, 1.807) is 14.0 Å². The normalized spacial score (nSPS) is 12.2. The number of carbonyl (C=O) groups is 1. The highest BCUT2D eigenvalue weighted by molar-refractivity contribution is 6.36. The number of rotatable bonds is 7. The van der Waals surface area contributed by atoms with Crippen molar-refractivity contribution in [1.82, 2.24) is 10.6 Å². The minimum absolute atomic E-state index is 0.0716. The molecule has 1 rings (SSSR count). The van der Waals surface area contributed by atoms with Crippen LogP contribution in [0.3, 0.4) is 0 Å². The summed E-state index contributed by atoms with van der Waals surface area (Å²) in [6.45, 7) is 2.92. The van der Waals surface area contributed by atoms with Gasteiger partial charge in [-0.1, -0.05) is 23.2 Å². The molecule has 1 aromatic carbocycles. The summed E-state index contributed by atoms with van der Waals surface area (Å²) in [4.78, 5) is 11.7. The Morgan fingerprint density at radius 3 is 2.80 bits per heavy atom. The standard InChI is InChI=1S/C13H17Cl2FN2O2/c1-8(18-11(19)7-17-5-6-20-2)12-9(14)3-4-10(16)13(12)15/h3-4,8,17H,5-7H2,1-2H3,(H,18,19). The summed E-state index contributed by atoms with van der Waals surface area (Å²) in [5, 5.41) is 5.86. The van der Waals surface area contributed by atoms with Crippen molar-refractivity contribution in [2.45, 2.75) is 13.0 Å². The van der Waals surface area contributed by atoms with Crippen molar-refractivity contribution in [2.75, 3.05) is 26.8 Å². The van der Waals surface area contributed by atoms with Gasteiger partial charge in [-0.05, 0) is 19.1 Å². The Labute approximate surface area is 127 Å². The van der Waals surface area contributed by atoms with E-state index >= 15 is 0 Å². The first-order chi connectivity index (χ1) is 9.47. The lowest BCUT2D eigenvalue weighted by atomic mass is 10.1. The van der Waals surface area contributed by atoms with Crippen LogP contribution in [-0.4, -0.2) is 32.7 Å². The lowest BCUT2D eigenvalue weighted by Gasteiger charge is -2.17. The summed E-state index contributed by atoms with van der Waals surface area (Å²) in [5.41, 5.74) is 0.374. The molecule has 0 aromatic heterocycles. The number of carbonyl (C=O) groups excluding carboxylic acids is 1. The molecular weight excluding hydrogens is 306 g/mol. The minimum atomic E-state index is -0.564. The maximum absolute atomic E-state index is 13.4. The molecule has 0 aliphatic heterocycles. The number of hydrogen-bond acceptors (Lipinski definition) is 3. The van der Waals surface area contributed by atoms with E-state index in [-0.39, 0.29) is 17.5 Å². The first kappa shape index (κ1) is 17.2. The zero-order valence-electron chi connectivity index (χ0n) is 11.3. The molecule has 0 spiro atoms. The third-order valence-electron chi connectivity index (χ3n) is 2.66. The molecule has 0 radical (unpaired) electrons. The molecule has 7 heteroatoms. The summed E-state index contributed by atoms with van der Waals surface area (Å²) >= 11 is 11.9. The van der Waals surface area contributed by atoms with Gasteiger partial charge in [0.1, 0.15) is 5.82 Å². The molecule has 1 aromatic rings. The lowest BCUT2D eigenvalue weighted by molar-refractivity contribution is -0.120. The number of halogens is 3. The Bertz CT molecular complexity index is 472. The minimum Gasteiger partial charge on any atom is -0.383 e. The summed E-state index contributed by atoms with van der Waals surface area (Å²) in [6, 6.07) is 2.12. The second-order valence-electron chi connectivity index (χ2n) is 4.22. The fraction of sp³-hybridized carbons (Fsp3) is 0.462. The maximum Gasteiger partial charge on any atom is 0.234 e. The Morgan fingerprint density at radius 1 is 1.45 bits per heavy atom. The van der Waals surface area contributed by atoms with Crippen LogP contribution in [0.1, 0.15) is 18.5 Å². The van der Waals surface area contributed by atoms with Crippen LogP contribution in [-0.2, 0) is 9.53 Å².